The highest BCUT2D eigenvalue weighted by Gasteiger charge is 2.41. The number of pyridine rings is 1. The molecule has 3 N–H and O–H groups in total. The molecule has 1 aliphatic carbocycles. The monoisotopic (exact) mass is 450 g/mol. The summed E-state index contributed by atoms with van der Waals surface area (Å²) in [4.78, 5) is 14.4. The first-order valence-electron chi connectivity index (χ1n) is 10.0. The van der Waals surface area contributed by atoms with Crippen molar-refractivity contribution in [2.75, 3.05) is 5.73 Å². The van der Waals surface area contributed by atoms with Crippen LogP contribution in [0, 0.1) is 0 Å². The summed E-state index contributed by atoms with van der Waals surface area (Å²) in [6.45, 7) is 0. The van der Waals surface area contributed by atoms with Gasteiger partial charge in [0.1, 0.15) is 10.5 Å². The van der Waals surface area contributed by atoms with E-state index in [0.717, 1.165) is 55.6 Å². The number of nitrogens with zero attached hydrogens (tertiary/aromatic N) is 6. The number of aromatic nitrogens is 6. The molecule has 5 heterocycles. The second-order valence-electron chi connectivity index (χ2n) is 7.69. The number of nitrogen functional groups attached to an aromatic ring is 1. The van der Waals surface area contributed by atoms with E-state index in [9.17, 15) is 4.55 Å². The molecule has 8 nitrogen and oxygen atoms in total. The fourth-order valence-corrected chi connectivity index (χ4v) is 7.25. The number of anilines is 1. The van der Waals surface area contributed by atoms with Crippen LogP contribution in [0.4, 0.5) is 5.69 Å². The summed E-state index contributed by atoms with van der Waals surface area (Å²) < 4.78 is 15.6. The smallest absolute Gasteiger partial charge is 0.269 e. The highest BCUT2D eigenvalue weighted by atomic mass is 32.2. The van der Waals surface area contributed by atoms with Crippen LogP contribution in [0.15, 0.2) is 47.3 Å². The van der Waals surface area contributed by atoms with Crippen LogP contribution < -0.4 is 5.73 Å². The molecule has 0 bridgehead atoms. The molecule has 1 aliphatic rings. The van der Waals surface area contributed by atoms with E-state index < -0.39 is 11.2 Å². The lowest BCUT2D eigenvalue weighted by molar-refractivity contribution is 0.487. The number of thiophene rings is 1. The van der Waals surface area contributed by atoms with Gasteiger partial charge in [0.25, 0.3) is 4.21 Å². The van der Waals surface area contributed by atoms with Gasteiger partial charge >= 0.3 is 0 Å². The first kappa shape index (κ1) is 18.8. The van der Waals surface area contributed by atoms with Gasteiger partial charge in [0.15, 0.2) is 22.1 Å². The van der Waals surface area contributed by atoms with Crippen molar-refractivity contribution in [1.82, 2.24) is 29.1 Å². The van der Waals surface area contributed by atoms with Gasteiger partial charge in [0, 0.05) is 36.6 Å². The van der Waals surface area contributed by atoms with E-state index in [-0.39, 0.29) is 0 Å². The number of imidazole rings is 1. The molecule has 31 heavy (non-hydrogen) atoms. The van der Waals surface area contributed by atoms with E-state index in [1.165, 1.54) is 17.8 Å². The van der Waals surface area contributed by atoms with E-state index >= 15 is 0 Å². The molecule has 0 spiro atoms. The van der Waals surface area contributed by atoms with Crippen molar-refractivity contribution in [1.29, 1.82) is 0 Å². The van der Waals surface area contributed by atoms with Crippen LogP contribution in [-0.4, -0.2) is 38.9 Å². The second-order valence-corrected chi connectivity index (χ2v) is 10.7. The van der Waals surface area contributed by atoms with Gasteiger partial charge in [-0.2, -0.15) is 9.65 Å². The van der Waals surface area contributed by atoms with Gasteiger partial charge in [-0.3, -0.25) is 14.1 Å². The van der Waals surface area contributed by atoms with Crippen LogP contribution in [0.5, 0.6) is 0 Å². The minimum atomic E-state index is -0.856. The van der Waals surface area contributed by atoms with E-state index in [2.05, 4.69) is 15.1 Å². The normalized spacial score (nSPS) is 15.5. The van der Waals surface area contributed by atoms with Gasteiger partial charge in [-0.15, -0.1) is 0 Å². The summed E-state index contributed by atoms with van der Waals surface area (Å²) >= 11 is 0.642. The Morgan fingerprint density at radius 2 is 2.10 bits per heavy atom. The molecule has 0 radical (unpaired) electrons. The third-order valence-electron chi connectivity index (χ3n) is 5.90. The summed E-state index contributed by atoms with van der Waals surface area (Å²) in [5, 5.41) is 5.54. The predicted molar refractivity (Wildman–Crippen MR) is 124 cm³/mol. The van der Waals surface area contributed by atoms with Crippen LogP contribution in [0.25, 0.3) is 38.5 Å². The van der Waals surface area contributed by atoms with Crippen LogP contribution >= 0.6 is 11.3 Å². The zero-order valence-electron chi connectivity index (χ0n) is 16.8. The maximum absolute atomic E-state index is 11.0. The molecule has 1 fully saturated rings. The maximum Gasteiger partial charge on any atom is 0.269 e. The molecular weight excluding hydrogens is 430 g/mol. The molecule has 1 unspecified atom stereocenters. The third kappa shape index (κ3) is 2.86. The first-order chi connectivity index (χ1) is 15.1. The Morgan fingerprint density at radius 1 is 1.23 bits per heavy atom. The quantitative estimate of drug-likeness (QED) is 0.401. The molecule has 6 rings (SSSR count). The fourth-order valence-electron chi connectivity index (χ4n) is 4.00. The van der Waals surface area contributed by atoms with Crippen molar-refractivity contribution in [3.05, 3.63) is 43.1 Å². The minimum absolute atomic E-state index is 0.307. The van der Waals surface area contributed by atoms with Gasteiger partial charge in [0.05, 0.1) is 29.5 Å². The lowest BCUT2D eigenvalue weighted by Gasteiger charge is -2.19. The average molecular weight is 451 g/mol. The second kappa shape index (κ2) is 7.04. The largest absolute Gasteiger partial charge is 0.393 e. The molecule has 0 aliphatic heterocycles. The van der Waals surface area contributed by atoms with E-state index in [4.69, 9.17) is 10.7 Å². The Bertz CT molecular complexity index is 1430. The molecule has 0 aromatic carbocycles. The van der Waals surface area contributed by atoms with Crippen molar-refractivity contribution in [3.63, 3.8) is 0 Å². The lowest BCUT2D eigenvalue weighted by Crippen LogP contribution is -2.28. The number of hydrogen-bond acceptors (Lipinski definition) is 7. The van der Waals surface area contributed by atoms with Gasteiger partial charge in [0.2, 0.25) is 0 Å². The molecule has 1 saturated carbocycles. The molecule has 5 aromatic heterocycles. The zero-order valence-corrected chi connectivity index (χ0v) is 18.4. The molecule has 1 atom stereocenters. The number of aryl methyl sites for hydroxylation is 1. The number of nitrogens with two attached hydrogens (primary N) is 1. The number of rotatable bonds is 4. The van der Waals surface area contributed by atoms with Crippen molar-refractivity contribution in [2.24, 2.45) is 7.05 Å². The molecule has 156 valence electrons. The number of hydrogen-bond donors (Lipinski definition) is 2. The summed E-state index contributed by atoms with van der Waals surface area (Å²) in [5.41, 5.74) is 11.6. The Balaban J connectivity index is 1.62. The summed E-state index contributed by atoms with van der Waals surface area (Å²) in [6, 6.07) is 4.01. The molecule has 5 aromatic rings. The summed E-state index contributed by atoms with van der Waals surface area (Å²) in [7, 11) is 1.91. The lowest BCUT2D eigenvalue weighted by atomic mass is 10.0. The van der Waals surface area contributed by atoms with E-state index in [0.29, 0.717) is 10.9 Å². The van der Waals surface area contributed by atoms with Crippen molar-refractivity contribution >= 4 is 44.1 Å². The Hall–Kier alpha value is -2.95. The fraction of sp³-hybridized carbons (Fsp3) is 0.238. The molecule has 0 saturated heterocycles. The van der Waals surface area contributed by atoms with Crippen LogP contribution in [0.2, 0.25) is 0 Å². The highest BCUT2D eigenvalue weighted by Crippen LogP contribution is 2.45. The third-order valence-corrected chi connectivity index (χ3v) is 9.26. The summed E-state index contributed by atoms with van der Waals surface area (Å²) in [5.74, 6) is 0. The molecular formula is C21H20N7OS2+. The zero-order chi connectivity index (χ0) is 21.1. The van der Waals surface area contributed by atoms with E-state index in [1.54, 1.807) is 24.8 Å². The van der Waals surface area contributed by atoms with Crippen LogP contribution in [0.1, 0.15) is 19.3 Å². The number of fused-ring (bicyclic) bond motifs is 2. The SMILES string of the molecule is Cn1nccc1-c1cc(-c2cnc3cnccn23)nc2sc([S+](O)C3CCC3)c(N)c12. The van der Waals surface area contributed by atoms with E-state index in [1.807, 2.05) is 34.5 Å². The average Bonchev–Trinajstić information content (AvgIpc) is 3.43. The Labute approximate surface area is 185 Å². The van der Waals surface area contributed by atoms with Crippen molar-refractivity contribution in [2.45, 2.75) is 28.7 Å². The Kier molecular flexibility index (Phi) is 4.27. The first-order valence-corrected chi connectivity index (χ1v) is 12.1. The van der Waals surface area contributed by atoms with Gasteiger partial charge in [-0.1, -0.05) is 11.3 Å². The molecule has 0 amide bonds. The van der Waals surface area contributed by atoms with Gasteiger partial charge in [-0.25, -0.2) is 9.97 Å². The van der Waals surface area contributed by atoms with Crippen molar-refractivity contribution in [3.8, 4) is 22.6 Å². The molecule has 10 heteroatoms. The Morgan fingerprint density at radius 3 is 2.84 bits per heavy atom. The van der Waals surface area contributed by atoms with Crippen molar-refractivity contribution < 1.29 is 4.55 Å². The summed E-state index contributed by atoms with van der Waals surface area (Å²) in [6.07, 6.45) is 12.2. The van der Waals surface area contributed by atoms with Gasteiger partial charge in [-0.05, 0) is 31.4 Å². The van der Waals surface area contributed by atoms with Crippen LogP contribution in [0.3, 0.4) is 0 Å². The topological polar surface area (TPSA) is 107 Å². The van der Waals surface area contributed by atoms with Gasteiger partial charge < -0.3 is 5.73 Å². The minimum Gasteiger partial charge on any atom is -0.393 e. The maximum atomic E-state index is 11.0. The standard InChI is InChI=1S/C21H20N7OS2/c1-27-15(5-6-25-27)13-9-14(16-10-24-17-11-23-7-8-28(16)17)26-20-18(13)19(22)21(30-20)31(29)12-3-2-4-12/h5-12,29H,2-4,22H2,1H3/q+1. The predicted octanol–water partition coefficient (Wildman–Crippen LogP) is 3.99. The highest BCUT2D eigenvalue weighted by molar-refractivity contribution is 7.94. The van der Waals surface area contributed by atoms with Crippen LogP contribution in [-0.2, 0) is 18.2 Å².